The van der Waals surface area contributed by atoms with E-state index < -0.39 is 47.9 Å². The number of likely N-dealkylation sites (N-methyl/N-ethyl adjacent to an activating group) is 1. The predicted octanol–water partition coefficient (Wildman–Crippen LogP) is 8.18. The fraction of sp³-hybridized carbons (Fsp3) is 0.600. The maximum absolute atomic E-state index is 14.0. The summed E-state index contributed by atoms with van der Waals surface area (Å²) in [4.78, 5) is 77.0. The number of carbonyl (C=O) groups excluding carboxylic acids is 4. The van der Waals surface area contributed by atoms with Crippen molar-refractivity contribution in [1.82, 2.24) is 40.0 Å². The molecule has 5 N–H and O–H groups in total. The van der Waals surface area contributed by atoms with Crippen molar-refractivity contribution in [3.8, 4) is 20.9 Å². The van der Waals surface area contributed by atoms with Gasteiger partial charge in [0.2, 0.25) is 0 Å². The van der Waals surface area contributed by atoms with Gasteiger partial charge < -0.3 is 40.9 Å². The largest absolute Gasteiger partial charge is 0.390 e. The molecule has 1 aliphatic carbocycles. The van der Waals surface area contributed by atoms with E-state index in [0.717, 1.165) is 64.4 Å². The first-order chi connectivity index (χ1) is 32.5. The lowest BCUT2D eigenvalue weighted by molar-refractivity contribution is -0.0367. The minimum Gasteiger partial charge on any atom is -0.390 e. The Kier molecular flexibility index (Phi) is 14.9. The molecule has 1 saturated carbocycles. The molecule has 8 rings (SSSR count). The Hall–Kier alpha value is -5.18. The van der Waals surface area contributed by atoms with Gasteiger partial charge in [-0.25, -0.2) is 28.7 Å². The number of thiazole rings is 2. The van der Waals surface area contributed by atoms with Crippen LogP contribution >= 0.6 is 22.7 Å². The van der Waals surface area contributed by atoms with Crippen molar-refractivity contribution < 1.29 is 38.2 Å². The van der Waals surface area contributed by atoms with Crippen LogP contribution in [0.25, 0.3) is 20.9 Å². The zero-order chi connectivity index (χ0) is 51.4. The minimum absolute atomic E-state index is 0.0280. The third kappa shape index (κ3) is 12.1. The Morgan fingerprint density at radius 2 is 1.37 bits per heavy atom. The second-order valence-corrected chi connectivity index (χ2v) is 23.9. The van der Waals surface area contributed by atoms with E-state index in [4.69, 9.17) is 0 Å². The molecule has 2 bridgehead atoms. The quantitative estimate of drug-likeness (QED) is 0.0912. The number of halogens is 2. The van der Waals surface area contributed by atoms with Gasteiger partial charge in [0.05, 0.1) is 27.5 Å². The molecule has 16 nitrogen and oxygen atoms in total. The number of nitrogens with one attached hydrogen (secondary N) is 3. The van der Waals surface area contributed by atoms with Crippen LogP contribution in [-0.4, -0.2) is 141 Å². The van der Waals surface area contributed by atoms with Crippen LogP contribution in [0.1, 0.15) is 159 Å². The molecular weight excluding hydrogens is 939 g/mol. The topological polar surface area (TPSA) is 206 Å². The van der Waals surface area contributed by atoms with Crippen LogP contribution in [0.3, 0.4) is 0 Å². The van der Waals surface area contributed by atoms with E-state index in [1.807, 2.05) is 44.7 Å². The number of alkyl halides is 2. The number of nitrogens with zero attached hydrogens (tertiary/aromatic N) is 7. The maximum Gasteiger partial charge on any atom is 0.282 e. The van der Waals surface area contributed by atoms with Gasteiger partial charge in [-0.2, -0.15) is 0 Å². The average molecular weight is 1010 g/mol. The summed E-state index contributed by atoms with van der Waals surface area (Å²) >= 11 is 2.26. The molecule has 4 amide bonds. The monoisotopic (exact) mass is 1010 g/mol. The van der Waals surface area contributed by atoms with E-state index in [0.29, 0.717) is 39.7 Å². The fourth-order valence-electron chi connectivity index (χ4n) is 9.85. The molecule has 20 heteroatoms. The molecule has 4 fully saturated rings. The van der Waals surface area contributed by atoms with Crippen LogP contribution in [0.4, 0.5) is 20.4 Å². The second kappa shape index (κ2) is 19.8. The zero-order valence-electron chi connectivity index (χ0n) is 42.3. The summed E-state index contributed by atoms with van der Waals surface area (Å²) in [5.41, 5.74) is 1.51. The van der Waals surface area contributed by atoms with Gasteiger partial charge >= 0.3 is 0 Å². The highest BCUT2D eigenvalue weighted by atomic mass is 32.1. The summed E-state index contributed by atoms with van der Waals surface area (Å²) in [6.45, 7) is 20.1. The maximum atomic E-state index is 14.0. The lowest BCUT2D eigenvalue weighted by Crippen LogP contribution is -2.53. The molecular formula is C50H68F2N10O6S2. The van der Waals surface area contributed by atoms with Crippen molar-refractivity contribution in [2.45, 2.75) is 174 Å². The average Bonchev–Trinajstić information content (AvgIpc) is 4.07. The molecule has 0 spiro atoms. The third-order valence-corrected chi connectivity index (χ3v) is 15.0. The van der Waals surface area contributed by atoms with E-state index >= 15 is 0 Å². The number of hydrogen-bond donors (Lipinski definition) is 5. The molecule has 4 aromatic heterocycles. The fourth-order valence-corrected chi connectivity index (χ4v) is 12.0. The van der Waals surface area contributed by atoms with E-state index in [2.05, 4.69) is 56.7 Å². The van der Waals surface area contributed by atoms with Crippen LogP contribution < -0.4 is 16.0 Å². The van der Waals surface area contributed by atoms with E-state index in [-0.39, 0.29) is 63.8 Å². The van der Waals surface area contributed by atoms with Crippen LogP contribution in [0, 0.1) is 13.8 Å². The summed E-state index contributed by atoms with van der Waals surface area (Å²) in [5.74, 6) is -3.03. The summed E-state index contributed by atoms with van der Waals surface area (Å²) in [5, 5.41) is 29.9. The van der Waals surface area contributed by atoms with Crippen molar-refractivity contribution in [3.63, 3.8) is 0 Å². The van der Waals surface area contributed by atoms with Crippen LogP contribution in [0.5, 0.6) is 0 Å². The molecule has 1 atom stereocenters. The Morgan fingerprint density at radius 1 is 0.857 bits per heavy atom. The summed E-state index contributed by atoms with van der Waals surface area (Å²) < 4.78 is 28.1. The predicted molar refractivity (Wildman–Crippen MR) is 269 cm³/mol. The Balaban J connectivity index is 0.000000206. The van der Waals surface area contributed by atoms with Crippen molar-refractivity contribution in [2.75, 3.05) is 30.8 Å². The van der Waals surface area contributed by atoms with Gasteiger partial charge in [0.15, 0.2) is 10.0 Å². The van der Waals surface area contributed by atoms with Gasteiger partial charge in [-0.05, 0) is 138 Å². The number of amides is 4. The van der Waals surface area contributed by atoms with Gasteiger partial charge in [-0.3, -0.25) is 19.2 Å². The molecule has 7 heterocycles. The van der Waals surface area contributed by atoms with Crippen molar-refractivity contribution in [2.24, 2.45) is 0 Å². The highest BCUT2D eigenvalue weighted by molar-refractivity contribution is 7.17. The van der Waals surface area contributed by atoms with Gasteiger partial charge in [0.1, 0.15) is 23.0 Å². The molecule has 380 valence electrons. The van der Waals surface area contributed by atoms with Crippen LogP contribution in [0.2, 0.25) is 0 Å². The first-order valence-electron chi connectivity index (χ1n) is 24.0. The SMILES string of the molecule is Cc1cc(NC(C)(C)C)ncc1-c1sc(C(=O)N(C)CC(C)(C)O)nc1C(=O)N1C2CCC1CC2.Cc1cc(NC(C)C)ncc1-c1sc(C(=O)NC2CC(C)(O)C2)nc1C(=O)N1CC(F)(F)C[C@@H]1C. The molecule has 0 radical (unpaired) electrons. The van der Waals surface area contributed by atoms with Gasteiger partial charge in [-0.1, -0.05) is 0 Å². The first-order valence-corrected chi connectivity index (χ1v) is 25.6. The number of fused-ring (bicyclic) bond motifs is 2. The number of rotatable bonds is 12. The number of hydrogen-bond acceptors (Lipinski definition) is 14. The zero-order valence-corrected chi connectivity index (χ0v) is 43.9. The highest BCUT2D eigenvalue weighted by Crippen LogP contribution is 2.42. The van der Waals surface area contributed by atoms with E-state index in [9.17, 15) is 38.2 Å². The summed E-state index contributed by atoms with van der Waals surface area (Å²) in [7, 11) is 1.64. The van der Waals surface area contributed by atoms with Crippen molar-refractivity contribution in [1.29, 1.82) is 0 Å². The van der Waals surface area contributed by atoms with Gasteiger partial charge in [-0.15, -0.1) is 22.7 Å². The molecule has 3 aliphatic heterocycles. The molecule has 70 heavy (non-hydrogen) atoms. The number of aromatic nitrogens is 4. The van der Waals surface area contributed by atoms with Crippen LogP contribution in [-0.2, 0) is 0 Å². The van der Waals surface area contributed by atoms with Gasteiger partial charge in [0.25, 0.3) is 29.6 Å². The highest BCUT2D eigenvalue weighted by Gasteiger charge is 2.47. The smallest absolute Gasteiger partial charge is 0.282 e. The lowest BCUT2D eigenvalue weighted by Gasteiger charge is -2.40. The molecule has 4 aliphatic rings. The number of aliphatic hydroxyl groups is 2. The minimum atomic E-state index is -2.96. The number of likely N-dealkylation sites (tertiary alicyclic amines) is 1. The number of anilines is 2. The number of pyridine rings is 2. The summed E-state index contributed by atoms with van der Waals surface area (Å²) in [6, 6.07) is 3.66. The molecule has 0 aromatic carbocycles. The lowest BCUT2D eigenvalue weighted by atomic mass is 9.77. The Labute approximate surface area is 417 Å². The number of carbonyl (C=O) groups is 4. The van der Waals surface area contributed by atoms with E-state index in [1.54, 1.807) is 47.1 Å². The van der Waals surface area contributed by atoms with Crippen molar-refractivity contribution >= 4 is 57.9 Å². The van der Waals surface area contributed by atoms with E-state index in [1.165, 1.54) is 16.2 Å². The normalized spacial score (nSPS) is 22.6. The number of aryl methyl sites for hydroxylation is 2. The van der Waals surface area contributed by atoms with Gasteiger partial charge in [0, 0.05) is 79.3 Å². The molecule has 0 unspecified atom stereocenters. The molecule has 3 saturated heterocycles. The summed E-state index contributed by atoms with van der Waals surface area (Å²) in [6.07, 6.45) is 7.94. The Bertz CT molecular complexity index is 2610. The second-order valence-electron chi connectivity index (χ2n) is 21.9. The first kappa shape index (κ1) is 52.6. The third-order valence-electron chi connectivity index (χ3n) is 12.8. The van der Waals surface area contributed by atoms with Crippen LogP contribution in [0.15, 0.2) is 24.5 Å². The molecule has 4 aromatic rings. The standard InChI is InChI=1S/C26H37N5O3S.C24H31F2N5O3S/c1-15-12-19(29-25(2,3)4)27-13-18(15)21-20(23(32)31-16-8-9-17(31)11-10-16)28-22(35-21)24(33)30(7)14-26(5,6)34;1-12(2)28-17-6-13(3)16(10-27-17)19-18(22(33)31-11-24(25,26)7-14(31)4)30-21(35-19)20(32)29-15-8-23(5,34)9-15/h12-13,16-17,34H,8-11,14H2,1-7H3,(H,27,29);6,10,12,14-15,34H,7-9,11H2,1-5H3,(H,27,28)(H,29,32)/t;14-,15?,23?/m.0/s1. The van der Waals surface area contributed by atoms with Crippen molar-refractivity contribution in [3.05, 3.63) is 57.1 Å². The Morgan fingerprint density at radius 3 is 1.86 bits per heavy atom.